The molecule has 2 aliphatic rings. The van der Waals surface area contributed by atoms with E-state index in [0.29, 0.717) is 29.4 Å². The maximum absolute atomic E-state index is 12.9. The minimum absolute atomic E-state index is 0.00577. The first-order valence-corrected chi connectivity index (χ1v) is 7.75. The summed E-state index contributed by atoms with van der Waals surface area (Å²) in [6.45, 7) is 1.40. The van der Waals surface area contributed by atoms with Crippen LogP contribution in [0.4, 0.5) is 0 Å². The lowest BCUT2D eigenvalue weighted by Crippen LogP contribution is -2.44. The highest BCUT2D eigenvalue weighted by Crippen LogP contribution is 2.40. The third-order valence-corrected chi connectivity index (χ3v) is 5.24. The number of hydrogen-bond acceptors (Lipinski definition) is 4. The number of para-hydroxylation sites is 1. The van der Waals surface area contributed by atoms with Crippen molar-refractivity contribution in [3.8, 4) is 5.75 Å². The van der Waals surface area contributed by atoms with Gasteiger partial charge in [-0.25, -0.2) is 0 Å². The van der Waals surface area contributed by atoms with E-state index in [1.807, 2.05) is 23.1 Å². The van der Waals surface area contributed by atoms with E-state index >= 15 is 0 Å². The molecule has 0 bridgehead atoms. The zero-order chi connectivity index (χ0) is 15.3. The number of furan rings is 1. The summed E-state index contributed by atoms with van der Waals surface area (Å²) in [5.74, 6) is 1.08. The van der Waals surface area contributed by atoms with Gasteiger partial charge in [0, 0.05) is 24.0 Å². The molecule has 1 saturated heterocycles. The molecule has 2 atom stereocenters. The first kappa shape index (κ1) is 13.6. The molecule has 5 nitrogen and oxygen atoms in total. The average molecular weight is 300 g/mol. The third-order valence-electron chi connectivity index (χ3n) is 5.24. The number of fused-ring (bicyclic) bond motifs is 2. The molecule has 0 radical (unpaired) electrons. The minimum atomic E-state index is -0.188. The molecule has 1 aliphatic carbocycles. The van der Waals surface area contributed by atoms with Crippen molar-refractivity contribution in [2.75, 3.05) is 20.2 Å². The lowest BCUT2D eigenvalue weighted by Gasteiger charge is -2.22. The second kappa shape index (κ2) is 4.74. The van der Waals surface area contributed by atoms with E-state index < -0.39 is 0 Å². The van der Waals surface area contributed by atoms with Crippen LogP contribution in [0, 0.1) is 5.92 Å². The maximum Gasteiger partial charge on any atom is 0.257 e. The number of benzene rings is 1. The molecule has 4 rings (SSSR count). The number of hydrogen-bond donors (Lipinski definition) is 1. The average Bonchev–Trinajstić information content (AvgIpc) is 3.16. The summed E-state index contributed by atoms with van der Waals surface area (Å²) in [4.78, 5) is 14.7. The third kappa shape index (κ3) is 1.85. The SMILES string of the molecule is COc1cccc2c(C(=O)N3CC4CCCC4(N)C3)coc12. The van der Waals surface area contributed by atoms with E-state index in [1.165, 1.54) is 12.7 Å². The van der Waals surface area contributed by atoms with Crippen molar-refractivity contribution >= 4 is 16.9 Å². The van der Waals surface area contributed by atoms with Crippen molar-refractivity contribution in [2.24, 2.45) is 11.7 Å². The van der Waals surface area contributed by atoms with Crippen molar-refractivity contribution in [2.45, 2.75) is 24.8 Å². The Morgan fingerprint density at radius 3 is 3.14 bits per heavy atom. The first-order chi connectivity index (χ1) is 10.6. The minimum Gasteiger partial charge on any atom is -0.493 e. The topological polar surface area (TPSA) is 68.7 Å². The number of likely N-dealkylation sites (tertiary alicyclic amines) is 1. The number of nitrogens with zero attached hydrogens (tertiary/aromatic N) is 1. The summed E-state index contributed by atoms with van der Waals surface area (Å²) >= 11 is 0. The zero-order valence-electron chi connectivity index (χ0n) is 12.7. The molecule has 2 N–H and O–H groups in total. The van der Waals surface area contributed by atoms with Gasteiger partial charge in [-0.15, -0.1) is 0 Å². The fourth-order valence-electron chi connectivity index (χ4n) is 4.02. The van der Waals surface area contributed by atoms with E-state index in [1.54, 1.807) is 7.11 Å². The Labute approximate surface area is 129 Å². The monoisotopic (exact) mass is 300 g/mol. The van der Waals surface area contributed by atoms with Crippen LogP contribution in [0.15, 0.2) is 28.9 Å². The molecule has 2 unspecified atom stereocenters. The standard InChI is InChI=1S/C17H20N2O3/c1-21-14-6-2-5-12-13(9-22-15(12)14)16(20)19-8-11-4-3-7-17(11,18)10-19/h2,5-6,9,11H,3-4,7-8,10,18H2,1H3. The van der Waals surface area contributed by atoms with Gasteiger partial charge in [-0.3, -0.25) is 4.79 Å². The highest BCUT2D eigenvalue weighted by Gasteiger charge is 2.48. The molecule has 1 amide bonds. The Morgan fingerprint density at radius 2 is 2.36 bits per heavy atom. The van der Waals surface area contributed by atoms with Crippen LogP contribution < -0.4 is 10.5 Å². The van der Waals surface area contributed by atoms with Crippen LogP contribution in [0.25, 0.3) is 11.0 Å². The van der Waals surface area contributed by atoms with Gasteiger partial charge >= 0.3 is 0 Å². The predicted octanol–water partition coefficient (Wildman–Crippen LogP) is 2.39. The van der Waals surface area contributed by atoms with Crippen molar-refractivity contribution in [1.82, 2.24) is 4.90 Å². The molecule has 2 fully saturated rings. The number of carbonyl (C=O) groups excluding carboxylic acids is 1. The molecular weight excluding hydrogens is 280 g/mol. The van der Waals surface area contributed by atoms with Crippen molar-refractivity contribution in [1.29, 1.82) is 0 Å². The Bertz CT molecular complexity index is 739. The van der Waals surface area contributed by atoms with Gasteiger partial charge in [0.15, 0.2) is 11.3 Å². The van der Waals surface area contributed by atoms with Crippen LogP contribution >= 0.6 is 0 Å². The van der Waals surface area contributed by atoms with E-state index in [2.05, 4.69) is 0 Å². The molecule has 22 heavy (non-hydrogen) atoms. The number of nitrogens with two attached hydrogens (primary N) is 1. The maximum atomic E-state index is 12.9. The van der Waals surface area contributed by atoms with Gasteiger partial charge in [0.05, 0.1) is 12.7 Å². The highest BCUT2D eigenvalue weighted by molar-refractivity contribution is 6.07. The molecule has 2 aromatic rings. The molecule has 1 aromatic carbocycles. The zero-order valence-corrected chi connectivity index (χ0v) is 12.7. The summed E-state index contributed by atoms with van der Waals surface area (Å²) in [7, 11) is 1.60. The molecule has 0 spiro atoms. The van der Waals surface area contributed by atoms with Gasteiger partial charge in [-0.2, -0.15) is 0 Å². The van der Waals surface area contributed by atoms with Crippen LogP contribution in [0.1, 0.15) is 29.6 Å². The second-order valence-electron chi connectivity index (χ2n) is 6.49. The first-order valence-electron chi connectivity index (χ1n) is 7.75. The quantitative estimate of drug-likeness (QED) is 0.924. The van der Waals surface area contributed by atoms with Gasteiger partial charge in [0.25, 0.3) is 5.91 Å². The number of carbonyl (C=O) groups is 1. The van der Waals surface area contributed by atoms with Gasteiger partial charge in [0.2, 0.25) is 0 Å². The van der Waals surface area contributed by atoms with Gasteiger partial charge in [-0.1, -0.05) is 18.6 Å². The van der Waals surface area contributed by atoms with Crippen molar-refractivity contribution < 1.29 is 13.9 Å². The van der Waals surface area contributed by atoms with Gasteiger partial charge in [0.1, 0.15) is 6.26 Å². The van der Waals surface area contributed by atoms with E-state index in [4.69, 9.17) is 14.9 Å². The van der Waals surface area contributed by atoms with Crippen LogP contribution in [-0.4, -0.2) is 36.5 Å². The Balaban J connectivity index is 1.67. The summed E-state index contributed by atoms with van der Waals surface area (Å²) < 4.78 is 10.9. The molecular formula is C17H20N2O3. The fourth-order valence-corrected chi connectivity index (χ4v) is 4.02. The Hall–Kier alpha value is -2.01. The fraction of sp³-hybridized carbons (Fsp3) is 0.471. The number of amides is 1. The van der Waals surface area contributed by atoms with Gasteiger partial charge in [-0.05, 0) is 24.8 Å². The Morgan fingerprint density at radius 1 is 1.50 bits per heavy atom. The molecule has 5 heteroatoms. The number of ether oxygens (including phenoxy) is 1. The highest BCUT2D eigenvalue weighted by atomic mass is 16.5. The largest absolute Gasteiger partial charge is 0.493 e. The summed E-state index contributed by atoms with van der Waals surface area (Å²) in [5, 5.41) is 0.799. The molecule has 1 saturated carbocycles. The van der Waals surface area contributed by atoms with Crippen molar-refractivity contribution in [3.63, 3.8) is 0 Å². The van der Waals surface area contributed by atoms with Crippen LogP contribution in [0.2, 0.25) is 0 Å². The van der Waals surface area contributed by atoms with Crippen LogP contribution in [0.5, 0.6) is 5.75 Å². The smallest absolute Gasteiger partial charge is 0.257 e. The Kier molecular flexibility index (Phi) is 2.94. The number of rotatable bonds is 2. The molecule has 1 aliphatic heterocycles. The van der Waals surface area contributed by atoms with Crippen LogP contribution in [-0.2, 0) is 0 Å². The lowest BCUT2D eigenvalue weighted by atomic mass is 9.92. The van der Waals surface area contributed by atoms with E-state index in [-0.39, 0.29) is 11.4 Å². The lowest BCUT2D eigenvalue weighted by molar-refractivity contribution is 0.0779. The second-order valence-corrected chi connectivity index (χ2v) is 6.49. The van der Waals surface area contributed by atoms with Gasteiger partial charge < -0.3 is 19.8 Å². The van der Waals surface area contributed by atoms with E-state index in [0.717, 1.165) is 24.8 Å². The summed E-state index contributed by atoms with van der Waals surface area (Å²) in [6, 6.07) is 5.59. The van der Waals surface area contributed by atoms with Crippen molar-refractivity contribution in [3.05, 3.63) is 30.0 Å². The predicted molar refractivity (Wildman–Crippen MR) is 82.9 cm³/mol. The normalized spacial score (nSPS) is 27.4. The molecule has 116 valence electrons. The van der Waals surface area contributed by atoms with E-state index in [9.17, 15) is 4.79 Å². The number of methoxy groups -OCH3 is 1. The van der Waals surface area contributed by atoms with Crippen LogP contribution in [0.3, 0.4) is 0 Å². The molecule has 2 heterocycles. The molecule has 1 aromatic heterocycles. The summed E-state index contributed by atoms with van der Waals surface area (Å²) in [6.07, 6.45) is 4.85. The summed E-state index contributed by atoms with van der Waals surface area (Å²) in [5.41, 5.74) is 7.49.